The Hall–Kier alpha value is -1.98. The van der Waals surface area contributed by atoms with Gasteiger partial charge in [0.05, 0.1) is 5.56 Å². The molecule has 0 amide bonds. The lowest BCUT2D eigenvalue weighted by Crippen LogP contribution is -2.04. The maximum atomic E-state index is 12.9. The predicted octanol–water partition coefficient (Wildman–Crippen LogP) is 1.85. The molecule has 0 aliphatic heterocycles. The topological polar surface area (TPSA) is 63.3 Å². The molecule has 0 unspecified atom stereocenters. The van der Waals surface area contributed by atoms with Crippen molar-refractivity contribution >= 4 is 5.78 Å². The summed E-state index contributed by atoms with van der Waals surface area (Å²) in [4.78, 5) is 11.3. The van der Waals surface area contributed by atoms with Gasteiger partial charge in [0.15, 0.2) is 23.2 Å². The number of benzene rings is 1. The number of carbonyl (C=O) groups excluding carboxylic acids is 1. The minimum Gasteiger partial charge on any atom is -0.504 e. The zero-order valence-electron chi connectivity index (χ0n) is 8.22. The maximum absolute atomic E-state index is 12.9. The summed E-state index contributed by atoms with van der Waals surface area (Å²) < 4.78 is 38.3. The summed E-state index contributed by atoms with van der Waals surface area (Å²) in [5.41, 5.74) is 4.60. The summed E-state index contributed by atoms with van der Waals surface area (Å²) in [7, 11) is 0. The van der Waals surface area contributed by atoms with E-state index in [4.69, 9.17) is 10.8 Å². The lowest BCUT2D eigenvalue weighted by atomic mass is 10.1. The molecule has 1 rings (SSSR count). The molecule has 0 bridgehead atoms. The molecule has 0 radical (unpaired) electrons. The third-order valence-corrected chi connectivity index (χ3v) is 1.76. The summed E-state index contributed by atoms with van der Waals surface area (Å²) in [6, 6.07) is 0.412. The highest BCUT2D eigenvalue weighted by molar-refractivity contribution is 6.06. The van der Waals surface area contributed by atoms with Crippen LogP contribution in [0.2, 0.25) is 0 Å². The van der Waals surface area contributed by atoms with Crippen molar-refractivity contribution in [1.82, 2.24) is 0 Å². The van der Waals surface area contributed by atoms with Crippen LogP contribution in [0.1, 0.15) is 17.3 Å². The van der Waals surface area contributed by atoms with Crippen LogP contribution in [0.3, 0.4) is 0 Å². The van der Waals surface area contributed by atoms with Crippen molar-refractivity contribution in [2.45, 2.75) is 6.92 Å². The third-order valence-electron chi connectivity index (χ3n) is 1.76. The first kappa shape index (κ1) is 12.1. The number of aromatic hydroxyl groups is 1. The van der Waals surface area contributed by atoms with Crippen LogP contribution in [0.4, 0.5) is 13.2 Å². The average Bonchev–Trinajstić information content (AvgIpc) is 2.19. The second-order valence-corrected chi connectivity index (χ2v) is 3.14. The number of hydrogen-bond acceptors (Lipinski definition) is 3. The van der Waals surface area contributed by atoms with Crippen LogP contribution < -0.4 is 5.73 Å². The van der Waals surface area contributed by atoms with Crippen molar-refractivity contribution in [3.05, 3.63) is 40.9 Å². The number of halogens is 3. The smallest absolute Gasteiger partial charge is 0.204 e. The number of allylic oxidation sites excluding steroid dienone is 2. The lowest BCUT2D eigenvalue weighted by molar-refractivity contribution is 0.104. The van der Waals surface area contributed by atoms with E-state index < -0.39 is 34.5 Å². The lowest BCUT2D eigenvalue weighted by Gasteiger charge is -2.04. The van der Waals surface area contributed by atoms with Gasteiger partial charge in [-0.3, -0.25) is 4.79 Å². The van der Waals surface area contributed by atoms with Crippen molar-refractivity contribution in [3.8, 4) is 5.75 Å². The van der Waals surface area contributed by atoms with Gasteiger partial charge in [0.1, 0.15) is 0 Å². The van der Waals surface area contributed by atoms with Crippen LogP contribution in [-0.2, 0) is 0 Å². The van der Waals surface area contributed by atoms with Crippen molar-refractivity contribution in [1.29, 1.82) is 0 Å². The van der Waals surface area contributed by atoms with Gasteiger partial charge in [-0.05, 0) is 13.0 Å². The fourth-order valence-corrected chi connectivity index (χ4v) is 1.06. The van der Waals surface area contributed by atoms with Crippen molar-refractivity contribution in [3.63, 3.8) is 0 Å². The molecule has 16 heavy (non-hydrogen) atoms. The minimum absolute atomic E-state index is 0.0922. The summed E-state index contributed by atoms with van der Waals surface area (Å²) in [5, 5.41) is 9.11. The summed E-state index contributed by atoms with van der Waals surface area (Å²) >= 11 is 0. The van der Waals surface area contributed by atoms with Crippen LogP contribution >= 0.6 is 0 Å². The van der Waals surface area contributed by atoms with Gasteiger partial charge in [0.2, 0.25) is 5.82 Å². The van der Waals surface area contributed by atoms with Gasteiger partial charge in [-0.2, -0.15) is 4.39 Å². The monoisotopic (exact) mass is 231 g/mol. The van der Waals surface area contributed by atoms with Gasteiger partial charge in [-0.15, -0.1) is 0 Å². The number of carbonyl (C=O) groups is 1. The number of phenols is 1. The molecule has 0 aromatic heterocycles. The normalized spacial score (nSPS) is 11.6. The van der Waals surface area contributed by atoms with Crippen molar-refractivity contribution < 1.29 is 23.1 Å². The molecule has 6 heteroatoms. The highest BCUT2D eigenvalue weighted by Crippen LogP contribution is 2.26. The van der Waals surface area contributed by atoms with Crippen LogP contribution in [-0.4, -0.2) is 10.9 Å². The Balaban J connectivity index is 3.37. The quantitative estimate of drug-likeness (QED) is 0.464. The molecule has 0 atom stereocenters. The first-order valence-corrected chi connectivity index (χ1v) is 4.19. The Morgan fingerprint density at radius 1 is 1.38 bits per heavy atom. The van der Waals surface area contributed by atoms with Crippen LogP contribution in [0.5, 0.6) is 5.75 Å². The number of rotatable bonds is 2. The van der Waals surface area contributed by atoms with Crippen molar-refractivity contribution in [2.75, 3.05) is 0 Å². The Morgan fingerprint density at radius 2 is 1.94 bits per heavy atom. The highest BCUT2D eigenvalue weighted by Gasteiger charge is 2.21. The largest absolute Gasteiger partial charge is 0.504 e. The molecule has 86 valence electrons. The van der Waals surface area contributed by atoms with E-state index >= 15 is 0 Å². The Bertz CT molecular complexity index is 479. The van der Waals surface area contributed by atoms with Crippen LogP contribution in [0.25, 0.3) is 0 Å². The molecule has 0 aliphatic rings. The molecule has 1 aromatic rings. The predicted molar refractivity (Wildman–Crippen MR) is 50.3 cm³/mol. The number of hydrogen-bond donors (Lipinski definition) is 2. The molecule has 0 saturated carbocycles. The first-order valence-electron chi connectivity index (χ1n) is 4.19. The van der Waals surface area contributed by atoms with E-state index in [9.17, 15) is 18.0 Å². The SMILES string of the molecule is CC(N)=CC(=O)c1cc(F)c(F)c(F)c1O. The fourth-order valence-electron chi connectivity index (χ4n) is 1.06. The molecule has 0 heterocycles. The first-order chi connectivity index (χ1) is 7.34. The van der Waals surface area contributed by atoms with Gasteiger partial charge in [0, 0.05) is 11.8 Å². The number of phenolic OH excluding ortho intramolecular Hbond substituents is 1. The summed E-state index contributed by atoms with van der Waals surface area (Å²) in [6.07, 6.45) is 0.867. The molecule has 0 aliphatic carbocycles. The average molecular weight is 231 g/mol. The minimum atomic E-state index is -1.83. The molecule has 0 fully saturated rings. The zero-order valence-corrected chi connectivity index (χ0v) is 8.22. The van der Waals surface area contributed by atoms with E-state index in [1.54, 1.807) is 0 Å². The van der Waals surface area contributed by atoms with Crippen LogP contribution in [0.15, 0.2) is 17.8 Å². The van der Waals surface area contributed by atoms with Gasteiger partial charge in [-0.25, -0.2) is 8.78 Å². The zero-order chi connectivity index (χ0) is 12.5. The molecule has 0 spiro atoms. The van der Waals surface area contributed by atoms with E-state index in [0.717, 1.165) is 6.08 Å². The van der Waals surface area contributed by atoms with Crippen LogP contribution in [0, 0.1) is 17.5 Å². The number of ketones is 1. The fraction of sp³-hybridized carbons (Fsp3) is 0.100. The Morgan fingerprint density at radius 3 is 2.44 bits per heavy atom. The van der Waals surface area contributed by atoms with E-state index in [0.29, 0.717) is 6.07 Å². The maximum Gasteiger partial charge on any atom is 0.204 e. The van der Waals surface area contributed by atoms with Gasteiger partial charge >= 0.3 is 0 Å². The van der Waals surface area contributed by atoms with E-state index in [2.05, 4.69) is 0 Å². The van der Waals surface area contributed by atoms with Gasteiger partial charge in [0.25, 0.3) is 0 Å². The Kier molecular flexibility index (Phi) is 3.22. The van der Waals surface area contributed by atoms with E-state index in [1.807, 2.05) is 0 Å². The Labute approximate surface area is 89.0 Å². The van der Waals surface area contributed by atoms with E-state index in [-0.39, 0.29) is 5.70 Å². The van der Waals surface area contributed by atoms with Gasteiger partial charge < -0.3 is 10.8 Å². The second-order valence-electron chi connectivity index (χ2n) is 3.14. The molecule has 3 N–H and O–H groups in total. The molecular weight excluding hydrogens is 223 g/mol. The summed E-state index contributed by atoms with van der Waals surface area (Å²) in [5.74, 6) is -7.33. The second kappa shape index (κ2) is 4.26. The third kappa shape index (κ3) is 2.16. The standard InChI is InChI=1S/C10H8F3NO2/c1-4(14)2-7(15)5-3-6(11)8(12)9(13)10(5)16/h2-3,16H,14H2,1H3. The highest BCUT2D eigenvalue weighted by atomic mass is 19.2. The number of nitrogens with two attached hydrogens (primary N) is 1. The summed E-state index contributed by atoms with van der Waals surface area (Å²) in [6.45, 7) is 1.38. The molecule has 3 nitrogen and oxygen atoms in total. The molecule has 1 aromatic carbocycles. The molecular formula is C10H8F3NO2. The molecule has 0 saturated heterocycles. The van der Waals surface area contributed by atoms with Gasteiger partial charge in [-0.1, -0.05) is 0 Å². The van der Waals surface area contributed by atoms with E-state index in [1.165, 1.54) is 6.92 Å². The van der Waals surface area contributed by atoms with Crippen molar-refractivity contribution in [2.24, 2.45) is 5.73 Å².